The van der Waals surface area contributed by atoms with E-state index in [4.69, 9.17) is 23.2 Å². The van der Waals surface area contributed by atoms with Crippen molar-refractivity contribution in [3.8, 4) is 0 Å². The van der Waals surface area contributed by atoms with Gasteiger partial charge in [0.05, 0.1) is 10.0 Å². The van der Waals surface area contributed by atoms with Crippen LogP contribution in [0.25, 0.3) is 0 Å². The van der Waals surface area contributed by atoms with Gasteiger partial charge in [-0.25, -0.2) is 13.1 Å². The van der Waals surface area contributed by atoms with Crippen molar-refractivity contribution in [3.63, 3.8) is 0 Å². The van der Waals surface area contributed by atoms with Crippen molar-refractivity contribution in [2.75, 3.05) is 0 Å². The summed E-state index contributed by atoms with van der Waals surface area (Å²) in [4.78, 5) is -0.0358. The Balaban J connectivity index is 2.23. The highest BCUT2D eigenvalue weighted by atomic mass is 79.9. The van der Waals surface area contributed by atoms with Crippen LogP contribution >= 0.6 is 39.1 Å². The molecule has 2 unspecified atom stereocenters. The second-order valence-electron chi connectivity index (χ2n) is 5.63. The third kappa shape index (κ3) is 4.58. The molecule has 1 aliphatic rings. The maximum atomic E-state index is 12.6. The first kappa shape index (κ1) is 17.5. The second-order valence-corrected chi connectivity index (χ2v) is 9.01. The van der Waals surface area contributed by atoms with Gasteiger partial charge in [0.2, 0.25) is 10.0 Å². The molecule has 0 aliphatic heterocycles. The molecule has 3 nitrogen and oxygen atoms in total. The molecular weight excluding hydrogens is 397 g/mol. The molecule has 1 N–H and O–H groups in total. The fourth-order valence-corrected chi connectivity index (χ4v) is 5.91. The average Bonchev–Trinajstić information content (AvgIpc) is 2.52. The van der Waals surface area contributed by atoms with Crippen LogP contribution in [0.5, 0.6) is 0 Å². The van der Waals surface area contributed by atoms with Crippen LogP contribution in [0.2, 0.25) is 10.0 Å². The van der Waals surface area contributed by atoms with Crippen LogP contribution in [0.15, 0.2) is 21.5 Å². The zero-order valence-corrected chi connectivity index (χ0v) is 15.6. The van der Waals surface area contributed by atoms with Gasteiger partial charge in [-0.1, -0.05) is 58.9 Å². The highest BCUT2D eigenvalue weighted by Gasteiger charge is 2.26. The van der Waals surface area contributed by atoms with Crippen molar-refractivity contribution in [2.24, 2.45) is 5.92 Å². The third-order valence-corrected chi connectivity index (χ3v) is 6.71. The van der Waals surface area contributed by atoms with Crippen molar-refractivity contribution in [1.29, 1.82) is 0 Å². The Labute approximate surface area is 144 Å². The standard InChI is InChI=1S/C14H18BrCl2NO2S/c1-9-3-2-4-11(6-5-9)18-21(19,20)14-12(16)7-10(15)8-13(14)17/h7-9,11,18H,2-6H2,1H3. The number of hydrogen-bond acceptors (Lipinski definition) is 2. The average molecular weight is 415 g/mol. The van der Waals surface area contributed by atoms with Crippen molar-refractivity contribution in [2.45, 2.75) is 50.0 Å². The van der Waals surface area contributed by atoms with E-state index in [1.807, 2.05) is 0 Å². The zero-order valence-electron chi connectivity index (χ0n) is 11.7. The molecule has 118 valence electrons. The number of benzene rings is 1. The largest absolute Gasteiger partial charge is 0.243 e. The number of hydrogen-bond donors (Lipinski definition) is 1. The summed E-state index contributed by atoms with van der Waals surface area (Å²) >= 11 is 15.4. The third-order valence-electron chi connectivity index (χ3n) is 3.81. The fraction of sp³-hybridized carbons (Fsp3) is 0.571. The van der Waals surface area contributed by atoms with Gasteiger partial charge in [0.15, 0.2) is 0 Å². The number of rotatable bonds is 3. The summed E-state index contributed by atoms with van der Waals surface area (Å²) in [6.07, 6.45) is 4.94. The number of halogens is 3. The molecule has 0 amide bonds. The monoisotopic (exact) mass is 413 g/mol. The molecular formula is C14H18BrCl2NO2S. The van der Waals surface area contributed by atoms with Crippen molar-refractivity contribution in [1.82, 2.24) is 4.72 Å². The molecule has 0 bridgehead atoms. The molecule has 1 aromatic rings. The van der Waals surface area contributed by atoms with E-state index in [1.54, 1.807) is 0 Å². The van der Waals surface area contributed by atoms with Crippen LogP contribution in [-0.2, 0) is 10.0 Å². The highest BCUT2D eigenvalue weighted by molar-refractivity contribution is 9.10. The van der Waals surface area contributed by atoms with Gasteiger partial charge in [-0.15, -0.1) is 0 Å². The van der Waals surface area contributed by atoms with E-state index < -0.39 is 10.0 Å². The maximum Gasteiger partial charge on any atom is 0.243 e. The molecule has 1 saturated carbocycles. The Morgan fingerprint density at radius 1 is 1.14 bits per heavy atom. The van der Waals surface area contributed by atoms with E-state index >= 15 is 0 Å². The first-order chi connectivity index (χ1) is 9.79. The van der Waals surface area contributed by atoms with Crippen molar-refractivity contribution >= 4 is 49.2 Å². The Kier molecular flexibility index (Phi) is 5.99. The summed E-state index contributed by atoms with van der Waals surface area (Å²) in [5.41, 5.74) is 0. The quantitative estimate of drug-likeness (QED) is 0.707. The van der Waals surface area contributed by atoms with E-state index in [0.717, 1.165) is 32.1 Å². The Morgan fingerprint density at radius 3 is 2.38 bits per heavy atom. The van der Waals surface area contributed by atoms with Crippen LogP contribution in [-0.4, -0.2) is 14.5 Å². The molecule has 1 fully saturated rings. The Bertz CT molecular complexity index is 598. The summed E-state index contributed by atoms with van der Waals surface area (Å²) in [5.74, 6) is 0.652. The van der Waals surface area contributed by atoms with Crippen LogP contribution < -0.4 is 4.72 Å². The zero-order chi connectivity index (χ0) is 15.6. The minimum atomic E-state index is -3.71. The fourth-order valence-electron chi connectivity index (χ4n) is 2.67. The predicted octanol–water partition coefficient (Wildman–Crippen LogP) is 5.00. The molecule has 7 heteroatoms. The minimum Gasteiger partial charge on any atom is -0.208 e. The first-order valence-corrected chi connectivity index (χ1v) is 9.99. The lowest BCUT2D eigenvalue weighted by Gasteiger charge is -2.18. The van der Waals surface area contributed by atoms with E-state index in [9.17, 15) is 8.42 Å². The Hall–Kier alpha value is 0.190. The maximum absolute atomic E-state index is 12.6. The summed E-state index contributed by atoms with van der Waals surface area (Å²) in [5, 5.41) is 0.257. The molecule has 0 radical (unpaired) electrons. The van der Waals surface area contributed by atoms with Gasteiger partial charge in [0.1, 0.15) is 4.90 Å². The lowest BCUT2D eigenvalue weighted by atomic mass is 10.0. The van der Waals surface area contributed by atoms with Gasteiger partial charge in [0.25, 0.3) is 0 Å². The van der Waals surface area contributed by atoms with Crippen LogP contribution in [0.4, 0.5) is 0 Å². The van der Waals surface area contributed by atoms with Crippen LogP contribution in [0.1, 0.15) is 39.0 Å². The molecule has 2 rings (SSSR count). The molecule has 1 aliphatic carbocycles. The lowest BCUT2D eigenvalue weighted by molar-refractivity contribution is 0.484. The van der Waals surface area contributed by atoms with Gasteiger partial charge >= 0.3 is 0 Å². The van der Waals surface area contributed by atoms with Crippen LogP contribution in [0.3, 0.4) is 0 Å². The van der Waals surface area contributed by atoms with Gasteiger partial charge < -0.3 is 0 Å². The van der Waals surface area contributed by atoms with Crippen molar-refractivity contribution < 1.29 is 8.42 Å². The molecule has 1 aromatic carbocycles. The lowest BCUT2D eigenvalue weighted by Crippen LogP contribution is -2.34. The van der Waals surface area contributed by atoms with Gasteiger partial charge in [0, 0.05) is 10.5 Å². The molecule has 21 heavy (non-hydrogen) atoms. The highest BCUT2D eigenvalue weighted by Crippen LogP contribution is 2.33. The summed E-state index contributed by atoms with van der Waals surface area (Å²) in [6.45, 7) is 2.21. The normalized spacial score (nSPS) is 23.8. The van der Waals surface area contributed by atoms with Gasteiger partial charge in [-0.05, 0) is 37.3 Å². The summed E-state index contributed by atoms with van der Waals surface area (Å²) in [7, 11) is -3.71. The van der Waals surface area contributed by atoms with Crippen molar-refractivity contribution in [3.05, 3.63) is 26.7 Å². The smallest absolute Gasteiger partial charge is 0.208 e. The molecule has 0 aromatic heterocycles. The minimum absolute atomic E-state index is 0.0358. The number of nitrogens with one attached hydrogen (secondary N) is 1. The van der Waals surface area contributed by atoms with E-state index in [0.29, 0.717) is 10.4 Å². The number of sulfonamides is 1. The molecule has 2 atom stereocenters. The summed E-state index contributed by atoms with van der Waals surface area (Å²) < 4.78 is 28.5. The summed E-state index contributed by atoms with van der Waals surface area (Å²) in [6, 6.07) is 3.03. The van der Waals surface area contributed by atoms with E-state index in [2.05, 4.69) is 27.6 Å². The second kappa shape index (κ2) is 7.18. The topological polar surface area (TPSA) is 46.2 Å². The van der Waals surface area contributed by atoms with E-state index in [-0.39, 0.29) is 21.0 Å². The molecule has 0 saturated heterocycles. The van der Waals surface area contributed by atoms with Crippen LogP contribution in [0, 0.1) is 5.92 Å². The molecule has 0 spiro atoms. The Morgan fingerprint density at radius 2 is 1.76 bits per heavy atom. The first-order valence-electron chi connectivity index (χ1n) is 6.96. The van der Waals surface area contributed by atoms with E-state index in [1.165, 1.54) is 12.1 Å². The van der Waals surface area contributed by atoms with Gasteiger partial charge in [-0.3, -0.25) is 0 Å². The SMILES string of the molecule is CC1CCCC(NS(=O)(=O)c2c(Cl)cc(Br)cc2Cl)CC1. The molecule has 0 heterocycles. The predicted molar refractivity (Wildman–Crippen MR) is 90.5 cm³/mol. The van der Waals surface area contributed by atoms with Gasteiger partial charge in [-0.2, -0.15) is 0 Å².